The number of nitrogens with zero attached hydrogens (tertiary/aromatic N) is 3. The first-order valence-electron chi connectivity index (χ1n) is 5.80. The fourth-order valence-corrected chi connectivity index (χ4v) is 2.23. The number of hydrogen-bond acceptors (Lipinski definition) is 4. The van der Waals surface area contributed by atoms with Gasteiger partial charge >= 0.3 is 0 Å². The summed E-state index contributed by atoms with van der Waals surface area (Å²) in [6, 6.07) is 9.86. The van der Waals surface area contributed by atoms with Crippen molar-refractivity contribution in [2.24, 2.45) is 0 Å². The van der Waals surface area contributed by atoms with E-state index >= 15 is 0 Å². The molecule has 3 aromatic rings. The molecule has 0 radical (unpaired) electrons. The lowest BCUT2D eigenvalue weighted by atomic mass is 10.1. The van der Waals surface area contributed by atoms with Crippen molar-refractivity contribution in [2.45, 2.75) is 6.92 Å². The summed E-state index contributed by atoms with van der Waals surface area (Å²) in [5, 5.41) is 1.03. The maximum Gasteiger partial charge on any atom is 0.162 e. The zero-order valence-corrected chi connectivity index (χ0v) is 12.4. The zero-order chi connectivity index (χ0) is 13.4. The lowest BCUT2D eigenvalue weighted by Gasteiger charge is -2.08. The summed E-state index contributed by atoms with van der Waals surface area (Å²) in [6.45, 7) is 1.94. The predicted octanol–water partition coefficient (Wildman–Crippen LogP) is 3.19. The fraction of sp³-hybridized carbons (Fsp3) is 0.0714. The molecule has 19 heavy (non-hydrogen) atoms. The number of benzene rings is 1. The number of hydrogen-bond donors (Lipinski definition) is 1. The van der Waals surface area contributed by atoms with E-state index in [9.17, 15) is 0 Å². The van der Waals surface area contributed by atoms with Crippen molar-refractivity contribution in [3.8, 4) is 11.4 Å². The van der Waals surface area contributed by atoms with E-state index < -0.39 is 0 Å². The van der Waals surface area contributed by atoms with Gasteiger partial charge in [-0.15, -0.1) is 0 Å². The highest BCUT2D eigenvalue weighted by Crippen LogP contribution is 2.27. The van der Waals surface area contributed by atoms with Gasteiger partial charge in [-0.3, -0.25) is 4.98 Å². The van der Waals surface area contributed by atoms with Crippen molar-refractivity contribution >= 4 is 39.3 Å². The minimum atomic E-state index is 0.518. The summed E-state index contributed by atoms with van der Waals surface area (Å²) in [4.78, 5) is 13.3. The molecule has 0 amide bonds. The number of halogens is 1. The third-order valence-corrected chi connectivity index (χ3v) is 4.27. The number of rotatable bonds is 1. The number of nitrogens with two attached hydrogens (primary N) is 1. The molecule has 0 saturated heterocycles. The van der Waals surface area contributed by atoms with Gasteiger partial charge in [-0.2, -0.15) is 0 Å². The Hall–Kier alpha value is -1.76. The molecular weight excluding hydrogens is 351 g/mol. The van der Waals surface area contributed by atoms with E-state index in [0.717, 1.165) is 25.7 Å². The van der Waals surface area contributed by atoms with E-state index in [0.29, 0.717) is 11.6 Å². The second kappa shape index (κ2) is 4.73. The minimum absolute atomic E-state index is 0.518. The first kappa shape index (κ1) is 12.3. The van der Waals surface area contributed by atoms with Crippen molar-refractivity contribution in [1.82, 2.24) is 15.0 Å². The molecule has 94 valence electrons. The van der Waals surface area contributed by atoms with E-state index in [2.05, 4.69) is 37.5 Å². The summed E-state index contributed by atoms with van der Waals surface area (Å²) in [5.41, 5.74) is 8.71. The molecule has 0 bridgehead atoms. The van der Waals surface area contributed by atoms with Gasteiger partial charge in [-0.05, 0) is 41.6 Å². The number of para-hydroxylation sites is 1. The van der Waals surface area contributed by atoms with E-state index in [1.807, 2.05) is 37.3 Å². The highest BCUT2D eigenvalue weighted by Gasteiger charge is 2.11. The highest BCUT2D eigenvalue weighted by molar-refractivity contribution is 14.1. The summed E-state index contributed by atoms with van der Waals surface area (Å²) < 4.78 is 0.903. The van der Waals surface area contributed by atoms with Crippen LogP contribution in [-0.2, 0) is 0 Å². The smallest absolute Gasteiger partial charge is 0.162 e. The molecule has 0 atom stereocenters. The van der Waals surface area contributed by atoms with Crippen molar-refractivity contribution < 1.29 is 0 Å². The van der Waals surface area contributed by atoms with Crippen LogP contribution < -0.4 is 5.73 Å². The molecule has 0 aliphatic heterocycles. The number of pyridine rings is 1. The van der Waals surface area contributed by atoms with Crippen LogP contribution in [0.1, 0.15) is 5.69 Å². The van der Waals surface area contributed by atoms with Crippen LogP contribution in [0.5, 0.6) is 0 Å². The summed E-state index contributed by atoms with van der Waals surface area (Å²) in [6.07, 6.45) is 1.77. The number of nitrogen functional groups attached to an aromatic ring is 1. The van der Waals surface area contributed by atoms with E-state index in [1.54, 1.807) is 6.20 Å². The van der Waals surface area contributed by atoms with Crippen molar-refractivity contribution in [1.29, 1.82) is 0 Å². The molecule has 0 unspecified atom stereocenters. The van der Waals surface area contributed by atoms with Crippen molar-refractivity contribution in [3.63, 3.8) is 0 Å². The Balaban J connectivity index is 2.31. The lowest BCUT2D eigenvalue weighted by molar-refractivity contribution is 1.10. The van der Waals surface area contributed by atoms with Crippen LogP contribution in [0, 0.1) is 10.5 Å². The first-order chi connectivity index (χ1) is 9.16. The van der Waals surface area contributed by atoms with Crippen LogP contribution in [0.15, 0.2) is 36.5 Å². The van der Waals surface area contributed by atoms with Crippen molar-refractivity contribution in [3.05, 3.63) is 45.8 Å². The third kappa shape index (κ3) is 2.14. The SMILES string of the molecule is Cc1nc(-c2ccnc3ccccc23)nc(N)c1I. The van der Waals surface area contributed by atoms with Gasteiger partial charge in [0.05, 0.1) is 14.8 Å². The summed E-state index contributed by atoms with van der Waals surface area (Å²) in [5.74, 6) is 1.16. The Morgan fingerprint density at radius 3 is 2.68 bits per heavy atom. The maximum atomic E-state index is 5.93. The molecule has 0 spiro atoms. The maximum absolute atomic E-state index is 5.93. The van der Waals surface area contributed by atoms with Crippen LogP contribution in [0.3, 0.4) is 0 Å². The van der Waals surface area contributed by atoms with Gasteiger partial charge in [0, 0.05) is 17.1 Å². The molecule has 5 heteroatoms. The molecule has 2 N–H and O–H groups in total. The molecular formula is C14H11IN4. The molecule has 4 nitrogen and oxygen atoms in total. The molecule has 0 saturated carbocycles. The number of aromatic nitrogens is 3. The largest absolute Gasteiger partial charge is 0.383 e. The molecule has 1 aromatic carbocycles. The summed E-state index contributed by atoms with van der Waals surface area (Å²) >= 11 is 2.16. The van der Waals surface area contributed by atoms with Gasteiger partial charge in [-0.1, -0.05) is 18.2 Å². The van der Waals surface area contributed by atoms with Gasteiger partial charge < -0.3 is 5.73 Å². The normalized spacial score (nSPS) is 10.8. The number of fused-ring (bicyclic) bond motifs is 1. The lowest BCUT2D eigenvalue weighted by Crippen LogP contribution is -2.02. The minimum Gasteiger partial charge on any atom is -0.383 e. The molecule has 3 rings (SSSR count). The quantitative estimate of drug-likeness (QED) is 0.676. The van der Waals surface area contributed by atoms with E-state index in [-0.39, 0.29) is 0 Å². The average molecular weight is 362 g/mol. The van der Waals surface area contributed by atoms with Gasteiger partial charge in [0.1, 0.15) is 5.82 Å². The van der Waals surface area contributed by atoms with Gasteiger partial charge in [0.25, 0.3) is 0 Å². The zero-order valence-electron chi connectivity index (χ0n) is 10.3. The van der Waals surface area contributed by atoms with Crippen molar-refractivity contribution in [2.75, 3.05) is 5.73 Å². The molecule has 2 aromatic heterocycles. The Kier molecular flexibility index (Phi) is 3.06. The Bertz CT molecular complexity index is 742. The van der Waals surface area contributed by atoms with Crippen LogP contribution in [0.25, 0.3) is 22.3 Å². The first-order valence-corrected chi connectivity index (χ1v) is 6.88. The van der Waals surface area contributed by atoms with Crippen LogP contribution >= 0.6 is 22.6 Å². The van der Waals surface area contributed by atoms with Crippen LogP contribution in [0.2, 0.25) is 0 Å². The highest BCUT2D eigenvalue weighted by atomic mass is 127. The topological polar surface area (TPSA) is 64.7 Å². The Morgan fingerprint density at radius 2 is 1.89 bits per heavy atom. The summed E-state index contributed by atoms with van der Waals surface area (Å²) in [7, 11) is 0. The third-order valence-electron chi connectivity index (χ3n) is 2.93. The number of aryl methyl sites for hydroxylation is 1. The standard InChI is InChI=1S/C14H11IN4/c1-8-12(15)13(16)19-14(18-8)10-6-7-17-11-5-3-2-4-9(10)11/h2-7H,1H3,(H2,16,18,19). The van der Waals surface area contributed by atoms with Crippen LogP contribution in [-0.4, -0.2) is 15.0 Å². The molecule has 0 fully saturated rings. The van der Waals surface area contributed by atoms with Gasteiger partial charge in [0.2, 0.25) is 0 Å². The van der Waals surface area contributed by atoms with Gasteiger partial charge in [0.15, 0.2) is 5.82 Å². The molecule has 0 aliphatic rings. The molecule has 0 aliphatic carbocycles. The fourth-order valence-electron chi connectivity index (χ4n) is 1.99. The average Bonchev–Trinajstić information content (AvgIpc) is 2.43. The predicted molar refractivity (Wildman–Crippen MR) is 84.6 cm³/mol. The van der Waals surface area contributed by atoms with Gasteiger partial charge in [-0.25, -0.2) is 9.97 Å². The monoisotopic (exact) mass is 362 g/mol. The van der Waals surface area contributed by atoms with E-state index in [4.69, 9.17) is 5.73 Å². The van der Waals surface area contributed by atoms with Crippen LogP contribution in [0.4, 0.5) is 5.82 Å². The second-order valence-electron chi connectivity index (χ2n) is 4.21. The molecule has 2 heterocycles. The Labute approximate surface area is 124 Å². The number of anilines is 1. The van der Waals surface area contributed by atoms with E-state index in [1.165, 1.54) is 0 Å². The second-order valence-corrected chi connectivity index (χ2v) is 5.29. The Morgan fingerprint density at radius 1 is 1.11 bits per heavy atom.